The fraction of sp³-hybridized carbons (Fsp3) is 0.762. The molecule has 2 aliphatic heterocycles. The minimum absolute atomic E-state index is 0.0500. The van der Waals surface area contributed by atoms with Crippen molar-refractivity contribution in [3.63, 3.8) is 0 Å². The Morgan fingerprint density at radius 3 is 2.74 bits per heavy atom. The molecule has 6 nitrogen and oxygen atoms in total. The van der Waals surface area contributed by atoms with Crippen LogP contribution < -0.4 is 4.90 Å². The van der Waals surface area contributed by atoms with E-state index in [1.807, 2.05) is 14.7 Å². The topological polar surface area (TPSA) is 52.6 Å². The zero-order chi connectivity index (χ0) is 22.6. The maximum Gasteiger partial charge on any atom is 0.226 e. The Balaban J connectivity index is 1.10. The summed E-state index contributed by atoms with van der Waals surface area (Å²) in [6, 6.07) is 0.274. The van der Waals surface area contributed by atoms with Crippen LogP contribution in [0.3, 0.4) is 0 Å². The molecule has 2 aliphatic carbocycles. The lowest BCUT2D eigenvalue weighted by molar-refractivity contribution is -0.132. The van der Waals surface area contributed by atoms with Gasteiger partial charge < -0.3 is 9.80 Å². The first-order valence-electron chi connectivity index (χ1n) is 12.8. The Kier molecular flexibility index (Phi) is 3.47. The van der Waals surface area contributed by atoms with E-state index in [2.05, 4.69) is 9.97 Å². The summed E-state index contributed by atoms with van der Waals surface area (Å²) in [6.45, 7) is 2.23. The van der Waals surface area contributed by atoms with Crippen molar-refractivity contribution in [1.29, 1.82) is 0 Å². The molecule has 6 unspecified atom stereocenters. The van der Waals surface area contributed by atoms with Gasteiger partial charge in [0.25, 0.3) is 0 Å². The molecule has 6 heteroatoms. The Hall–Kier alpha value is -1.69. The summed E-state index contributed by atoms with van der Waals surface area (Å²) in [7, 11) is 0. The normalized spacial score (nSPS) is 41.8. The predicted molar refractivity (Wildman–Crippen MR) is 104 cm³/mol. The zero-order valence-corrected chi connectivity index (χ0v) is 15.6. The number of rotatable bonds is 6. The van der Waals surface area contributed by atoms with Crippen LogP contribution in [0, 0.1) is 23.7 Å². The summed E-state index contributed by atoms with van der Waals surface area (Å²) in [4.78, 5) is 27.1. The van der Waals surface area contributed by atoms with Gasteiger partial charge in [0, 0.05) is 63.1 Å². The maximum absolute atomic E-state index is 12.9. The monoisotopic (exact) mass is 374 g/mol. The molecular weight excluding hydrogens is 338 g/mol. The van der Waals surface area contributed by atoms with Crippen LogP contribution in [0.4, 0.5) is 5.95 Å². The second kappa shape index (κ2) is 7.38. The van der Waals surface area contributed by atoms with Crippen molar-refractivity contribution >= 4 is 11.9 Å². The van der Waals surface area contributed by atoms with E-state index in [1.54, 1.807) is 0 Å². The third-order valence-corrected chi connectivity index (χ3v) is 6.66. The first-order chi connectivity index (χ1) is 15.3. The van der Waals surface area contributed by atoms with Crippen molar-refractivity contribution in [3.8, 4) is 0 Å². The van der Waals surface area contributed by atoms with Crippen LogP contribution >= 0.6 is 0 Å². The molecule has 1 aromatic heterocycles. The van der Waals surface area contributed by atoms with E-state index in [0.29, 0.717) is 58.1 Å². The highest BCUT2D eigenvalue weighted by Gasteiger charge is 2.55. The van der Waals surface area contributed by atoms with Crippen LogP contribution in [0.5, 0.6) is 0 Å². The quantitative estimate of drug-likeness (QED) is 0.761. The highest BCUT2D eigenvalue weighted by Crippen LogP contribution is 2.55. The first-order valence-corrected chi connectivity index (χ1v) is 10.2. The van der Waals surface area contributed by atoms with E-state index < -0.39 is 12.9 Å². The van der Waals surface area contributed by atoms with Crippen molar-refractivity contribution in [1.82, 2.24) is 19.8 Å². The molecule has 6 atom stereocenters. The molecule has 2 saturated heterocycles. The molecule has 27 heavy (non-hydrogen) atoms. The molecule has 0 radical (unpaired) electrons. The molecule has 0 N–H and O–H groups in total. The average molecular weight is 375 g/mol. The number of amides is 1. The van der Waals surface area contributed by atoms with E-state index >= 15 is 0 Å². The van der Waals surface area contributed by atoms with Crippen molar-refractivity contribution in [2.45, 2.75) is 32.1 Å². The van der Waals surface area contributed by atoms with E-state index in [9.17, 15) is 4.79 Å². The number of piperazine rings is 1. The highest BCUT2D eigenvalue weighted by molar-refractivity contribution is 5.82. The fourth-order valence-corrected chi connectivity index (χ4v) is 5.29. The number of aromatic nitrogens is 2. The van der Waals surface area contributed by atoms with Gasteiger partial charge in [-0.25, -0.2) is 9.97 Å². The largest absolute Gasteiger partial charge is 0.342 e. The van der Waals surface area contributed by atoms with E-state index in [4.69, 9.17) is 6.85 Å². The van der Waals surface area contributed by atoms with Gasteiger partial charge in [0.15, 0.2) is 0 Å². The molecule has 4 aliphatic rings. The average Bonchev–Trinajstić information content (AvgIpc) is 3.40. The van der Waals surface area contributed by atoms with Crippen LogP contribution in [0.1, 0.15) is 38.9 Å². The summed E-state index contributed by atoms with van der Waals surface area (Å²) < 4.78 is 41.1. The van der Waals surface area contributed by atoms with Crippen LogP contribution in [-0.2, 0) is 4.79 Å². The molecule has 1 aromatic rings. The SMILES string of the molecule is [2H]c1cnc(N2CCN(C([2H])([2H])CCCN3CC4C5CC(C([2H])C5[2H])C4C3=O)CC2)nc1. The predicted octanol–water partition coefficient (Wildman–Crippen LogP) is 1.88. The van der Waals surface area contributed by atoms with Gasteiger partial charge >= 0.3 is 0 Å². The van der Waals surface area contributed by atoms with Gasteiger partial charge in [-0.15, -0.1) is 0 Å². The number of nitrogens with zero attached hydrogens (tertiary/aromatic N) is 5. The molecular formula is C21H31N5O. The Morgan fingerprint density at radius 1 is 1.15 bits per heavy atom. The van der Waals surface area contributed by atoms with Crippen molar-refractivity contribution in [2.75, 3.05) is 50.7 Å². The lowest BCUT2D eigenvalue weighted by Gasteiger charge is -2.34. The summed E-state index contributed by atoms with van der Waals surface area (Å²) in [5.74, 6) is 1.12. The Bertz CT molecular complexity index is 849. The van der Waals surface area contributed by atoms with Gasteiger partial charge in [0.05, 0.1) is 1.37 Å². The second-order valence-electron chi connectivity index (χ2n) is 8.14. The molecule has 0 aromatic carbocycles. The molecule has 4 fully saturated rings. The Morgan fingerprint density at radius 2 is 1.93 bits per heavy atom. The summed E-state index contributed by atoms with van der Waals surface area (Å²) >= 11 is 0. The molecule has 5 rings (SSSR count). The maximum atomic E-state index is 12.9. The summed E-state index contributed by atoms with van der Waals surface area (Å²) in [5, 5.41) is 0. The van der Waals surface area contributed by atoms with Gasteiger partial charge in [-0.3, -0.25) is 9.69 Å². The smallest absolute Gasteiger partial charge is 0.226 e. The minimum Gasteiger partial charge on any atom is -0.342 e. The van der Waals surface area contributed by atoms with Crippen molar-refractivity contribution in [2.24, 2.45) is 23.7 Å². The number of hydrogen-bond acceptors (Lipinski definition) is 5. The molecule has 2 saturated carbocycles. The molecule has 2 bridgehead atoms. The molecule has 3 heterocycles. The zero-order valence-electron chi connectivity index (χ0n) is 20.6. The Labute approximate surface area is 169 Å². The number of fused-ring (bicyclic) bond motifs is 5. The number of carbonyl (C=O) groups is 1. The minimum atomic E-state index is -1.44. The van der Waals surface area contributed by atoms with Crippen LogP contribution in [0.15, 0.2) is 18.4 Å². The second-order valence-corrected chi connectivity index (χ2v) is 8.14. The number of likely N-dealkylation sites (tertiary alicyclic amines) is 1. The first kappa shape index (κ1) is 12.7. The van der Waals surface area contributed by atoms with Gasteiger partial charge in [0.1, 0.15) is 0 Å². The van der Waals surface area contributed by atoms with E-state index in [0.717, 1.165) is 6.42 Å². The third kappa shape index (κ3) is 3.33. The summed E-state index contributed by atoms with van der Waals surface area (Å²) in [6.07, 6.45) is 4.01. The van der Waals surface area contributed by atoms with Crippen molar-refractivity contribution < 1.29 is 11.6 Å². The van der Waals surface area contributed by atoms with Crippen molar-refractivity contribution in [3.05, 3.63) is 18.4 Å². The van der Waals surface area contributed by atoms with E-state index in [1.165, 1.54) is 12.4 Å². The highest BCUT2D eigenvalue weighted by atomic mass is 16.2. The lowest BCUT2D eigenvalue weighted by Crippen LogP contribution is -2.47. The molecule has 0 spiro atoms. The standard InChI is InChI=1S/C21H31N5O/c27-20-19-17-5-4-16(14-17)18(19)15-26(20)9-2-1-8-24-10-12-25(13-11-24)21-22-6-3-7-23-21/h3,6-7,16-19H,1-2,4-5,8-15H2/i3D,4D,5D,8D2. The van der Waals surface area contributed by atoms with Gasteiger partial charge in [-0.1, -0.05) is 0 Å². The summed E-state index contributed by atoms with van der Waals surface area (Å²) in [5.41, 5.74) is 0. The number of anilines is 1. The third-order valence-electron chi connectivity index (χ3n) is 6.66. The fourth-order valence-electron chi connectivity index (χ4n) is 5.29. The van der Waals surface area contributed by atoms with Gasteiger partial charge in [-0.05, 0) is 62.3 Å². The molecule has 1 amide bonds. The van der Waals surface area contributed by atoms with Crippen LogP contribution in [0.2, 0.25) is 0 Å². The van der Waals surface area contributed by atoms with Gasteiger partial charge in [-0.2, -0.15) is 0 Å². The van der Waals surface area contributed by atoms with Gasteiger partial charge in [0.2, 0.25) is 11.9 Å². The van der Waals surface area contributed by atoms with E-state index in [-0.39, 0.29) is 42.0 Å². The number of hydrogen-bond donors (Lipinski definition) is 0. The molecule has 146 valence electrons. The van der Waals surface area contributed by atoms with Crippen LogP contribution in [0.25, 0.3) is 0 Å². The van der Waals surface area contributed by atoms with Crippen LogP contribution in [-0.4, -0.2) is 71.4 Å². The lowest BCUT2D eigenvalue weighted by atomic mass is 9.81. The number of carbonyl (C=O) groups excluding carboxylic acids is 1.